The van der Waals surface area contributed by atoms with Crippen molar-refractivity contribution in [3.05, 3.63) is 58.6 Å². The van der Waals surface area contributed by atoms with Gasteiger partial charge in [-0.2, -0.15) is 0 Å². The Kier molecular flexibility index (Phi) is 7.32. The predicted octanol–water partition coefficient (Wildman–Crippen LogP) is 5.59. The molecule has 3 rings (SSSR count). The van der Waals surface area contributed by atoms with Crippen LogP contribution in [0.25, 0.3) is 11.1 Å². The average molecular weight is 407 g/mol. The van der Waals surface area contributed by atoms with E-state index in [1.165, 1.54) is 25.7 Å². The Labute approximate surface area is 173 Å². The van der Waals surface area contributed by atoms with E-state index >= 15 is 0 Å². The first kappa shape index (κ1) is 21.7. The minimum atomic E-state index is -0.422. The smallest absolute Gasteiger partial charge is 0.248 e. The van der Waals surface area contributed by atoms with Gasteiger partial charge < -0.3 is 11.1 Å². The summed E-state index contributed by atoms with van der Waals surface area (Å²) in [5.41, 5.74) is 9.39. The van der Waals surface area contributed by atoms with E-state index in [1.807, 2.05) is 24.3 Å². The van der Waals surface area contributed by atoms with Gasteiger partial charge in [0.2, 0.25) is 5.91 Å². The van der Waals surface area contributed by atoms with E-state index in [9.17, 15) is 4.79 Å². The van der Waals surface area contributed by atoms with Crippen LogP contribution in [-0.2, 0) is 6.54 Å². The molecule has 1 saturated carbocycles. The van der Waals surface area contributed by atoms with Gasteiger partial charge in [-0.3, -0.25) is 4.79 Å². The van der Waals surface area contributed by atoms with Crippen LogP contribution in [0.4, 0.5) is 0 Å². The topological polar surface area (TPSA) is 55.1 Å². The molecule has 27 heavy (non-hydrogen) atoms. The van der Waals surface area contributed by atoms with Crippen LogP contribution in [0, 0.1) is 5.41 Å². The quantitative estimate of drug-likeness (QED) is 0.679. The second-order valence-corrected chi connectivity index (χ2v) is 8.48. The molecule has 146 valence electrons. The molecule has 5 heteroatoms. The van der Waals surface area contributed by atoms with Crippen molar-refractivity contribution in [3.63, 3.8) is 0 Å². The van der Waals surface area contributed by atoms with Crippen molar-refractivity contribution < 1.29 is 4.79 Å². The molecule has 3 nitrogen and oxygen atoms in total. The summed E-state index contributed by atoms with van der Waals surface area (Å²) in [6.07, 6.45) is 4.99. The number of rotatable bonds is 5. The molecule has 0 atom stereocenters. The second-order valence-electron chi connectivity index (χ2n) is 8.07. The molecule has 1 amide bonds. The van der Waals surface area contributed by atoms with Crippen molar-refractivity contribution in [2.24, 2.45) is 11.1 Å². The van der Waals surface area contributed by atoms with Gasteiger partial charge in [-0.25, -0.2) is 0 Å². The zero-order valence-corrected chi connectivity index (χ0v) is 17.5. The molecule has 0 bridgehead atoms. The van der Waals surface area contributed by atoms with Crippen LogP contribution in [0.3, 0.4) is 0 Å². The molecule has 0 saturated heterocycles. The molecule has 0 aliphatic heterocycles. The highest BCUT2D eigenvalue weighted by Crippen LogP contribution is 2.35. The van der Waals surface area contributed by atoms with Crippen molar-refractivity contribution in [2.45, 2.75) is 52.1 Å². The standard InChI is InChI=1S/C22H27ClN2O.ClH/c1-22(2)10-8-19(9-11-22)25-14-18-7-6-16(13-20(18)23)15-4-3-5-17(12-15)21(24)26;/h3-7,12-13,19,25H,8-11,14H2,1-2H3,(H2,24,26);1H. The van der Waals surface area contributed by atoms with E-state index in [4.69, 9.17) is 17.3 Å². The van der Waals surface area contributed by atoms with Crippen LogP contribution in [-0.4, -0.2) is 11.9 Å². The number of amides is 1. The van der Waals surface area contributed by atoms with Crippen LogP contribution in [0.5, 0.6) is 0 Å². The Morgan fingerprint density at radius 2 is 1.81 bits per heavy atom. The molecule has 2 aromatic rings. The Balaban J connectivity index is 0.00000261. The lowest BCUT2D eigenvalue weighted by molar-refractivity contribution is 0.100. The third-order valence-electron chi connectivity index (χ3n) is 5.45. The summed E-state index contributed by atoms with van der Waals surface area (Å²) in [5, 5.41) is 4.40. The van der Waals surface area contributed by atoms with Gasteiger partial charge in [-0.1, -0.05) is 49.7 Å². The molecule has 1 aliphatic carbocycles. The fraction of sp³-hybridized carbons (Fsp3) is 0.409. The second kappa shape index (κ2) is 9.09. The Bertz CT molecular complexity index is 795. The largest absolute Gasteiger partial charge is 0.366 e. The molecule has 0 heterocycles. The van der Waals surface area contributed by atoms with Gasteiger partial charge in [0.05, 0.1) is 0 Å². The lowest BCUT2D eigenvalue weighted by Gasteiger charge is -2.34. The van der Waals surface area contributed by atoms with Crippen LogP contribution >= 0.6 is 24.0 Å². The molecule has 3 N–H and O–H groups in total. The summed E-state index contributed by atoms with van der Waals surface area (Å²) < 4.78 is 0. The van der Waals surface area contributed by atoms with Crippen molar-refractivity contribution in [3.8, 4) is 11.1 Å². The summed E-state index contributed by atoms with van der Waals surface area (Å²) in [7, 11) is 0. The zero-order chi connectivity index (χ0) is 18.7. The molecule has 2 aromatic carbocycles. The number of halogens is 2. The van der Waals surface area contributed by atoms with Crippen molar-refractivity contribution in [1.29, 1.82) is 0 Å². The van der Waals surface area contributed by atoms with E-state index < -0.39 is 5.91 Å². The highest BCUT2D eigenvalue weighted by atomic mass is 35.5. The fourth-order valence-electron chi connectivity index (χ4n) is 3.58. The van der Waals surface area contributed by atoms with Gasteiger partial charge in [-0.15, -0.1) is 12.4 Å². The lowest BCUT2D eigenvalue weighted by Crippen LogP contribution is -2.35. The molecule has 1 fully saturated rings. The van der Waals surface area contributed by atoms with E-state index in [0.29, 0.717) is 17.0 Å². The van der Waals surface area contributed by atoms with Crippen LogP contribution < -0.4 is 11.1 Å². The highest BCUT2D eigenvalue weighted by Gasteiger charge is 2.26. The number of benzene rings is 2. The fourth-order valence-corrected chi connectivity index (χ4v) is 3.83. The van der Waals surface area contributed by atoms with Gasteiger partial charge in [0.1, 0.15) is 0 Å². The molecule has 0 spiro atoms. The Morgan fingerprint density at radius 1 is 1.15 bits per heavy atom. The Hall–Kier alpha value is -1.55. The number of carbonyl (C=O) groups excluding carboxylic acids is 1. The number of nitrogens with two attached hydrogens (primary N) is 1. The summed E-state index contributed by atoms with van der Waals surface area (Å²) in [4.78, 5) is 11.4. The normalized spacial score (nSPS) is 16.6. The van der Waals surface area contributed by atoms with Gasteiger partial charge >= 0.3 is 0 Å². The van der Waals surface area contributed by atoms with Gasteiger partial charge in [0.25, 0.3) is 0 Å². The van der Waals surface area contributed by atoms with Crippen molar-refractivity contribution in [2.75, 3.05) is 0 Å². The van der Waals surface area contributed by atoms with Gasteiger partial charge in [-0.05, 0) is 66.0 Å². The number of carbonyl (C=O) groups is 1. The van der Waals surface area contributed by atoms with Crippen molar-refractivity contribution >= 4 is 29.9 Å². The molecule has 1 aliphatic rings. The zero-order valence-electron chi connectivity index (χ0n) is 15.9. The van der Waals surface area contributed by atoms with E-state index in [2.05, 4.69) is 25.2 Å². The summed E-state index contributed by atoms with van der Waals surface area (Å²) in [6.45, 7) is 5.49. The van der Waals surface area contributed by atoms with E-state index in [-0.39, 0.29) is 12.4 Å². The lowest BCUT2D eigenvalue weighted by atomic mass is 9.75. The predicted molar refractivity (Wildman–Crippen MR) is 116 cm³/mol. The minimum Gasteiger partial charge on any atom is -0.366 e. The number of hydrogen-bond donors (Lipinski definition) is 2. The first-order valence-electron chi connectivity index (χ1n) is 9.26. The van der Waals surface area contributed by atoms with Crippen LogP contribution in [0.2, 0.25) is 5.02 Å². The number of nitrogens with one attached hydrogen (secondary N) is 1. The maximum Gasteiger partial charge on any atom is 0.248 e. The highest BCUT2D eigenvalue weighted by molar-refractivity contribution is 6.31. The first-order chi connectivity index (χ1) is 12.3. The maximum atomic E-state index is 11.4. The van der Waals surface area contributed by atoms with E-state index in [0.717, 1.165) is 28.3 Å². The molecule has 0 radical (unpaired) electrons. The summed E-state index contributed by atoms with van der Waals surface area (Å²) in [6, 6.07) is 14.0. The molecule has 0 aromatic heterocycles. The summed E-state index contributed by atoms with van der Waals surface area (Å²) >= 11 is 6.51. The van der Waals surface area contributed by atoms with Gasteiger partial charge in [0.15, 0.2) is 0 Å². The number of primary amides is 1. The van der Waals surface area contributed by atoms with Gasteiger partial charge in [0, 0.05) is 23.2 Å². The number of hydrogen-bond acceptors (Lipinski definition) is 2. The van der Waals surface area contributed by atoms with Crippen LogP contribution in [0.15, 0.2) is 42.5 Å². The van der Waals surface area contributed by atoms with Crippen LogP contribution in [0.1, 0.15) is 55.5 Å². The monoisotopic (exact) mass is 406 g/mol. The SMILES string of the molecule is CC1(C)CCC(NCc2ccc(-c3cccc(C(N)=O)c3)cc2Cl)CC1.Cl. The first-order valence-corrected chi connectivity index (χ1v) is 9.64. The third-order valence-corrected chi connectivity index (χ3v) is 5.81. The van der Waals surface area contributed by atoms with E-state index in [1.54, 1.807) is 12.1 Å². The molecule has 0 unspecified atom stereocenters. The molecular weight excluding hydrogens is 379 g/mol. The minimum absolute atomic E-state index is 0. The summed E-state index contributed by atoms with van der Waals surface area (Å²) in [5.74, 6) is -0.422. The third kappa shape index (κ3) is 5.71. The maximum absolute atomic E-state index is 11.4. The average Bonchev–Trinajstić information content (AvgIpc) is 2.61. The Morgan fingerprint density at radius 3 is 2.44 bits per heavy atom. The molecular formula is C22H28Cl2N2O. The van der Waals surface area contributed by atoms with Crippen molar-refractivity contribution in [1.82, 2.24) is 5.32 Å².